The van der Waals surface area contributed by atoms with Gasteiger partial charge in [-0.15, -0.1) is 0 Å². The van der Waals surface area contributed by atoms with Gasteiger partial charge in [0.05, 0.1) is 6.54 Å². The third-order valence-corrected chi connectivity index (χ3v) is 5.00. The van der Waals surface area contributed by atoms with Gasteiger partial charge in [0.25, 0.3) is 0 Å². The summed E-state index contributed by atoms with van der Waals surface area (Å²) in [4.78, 5) is 14.5. The second-order valence-corrected chi connectivity index (χ2v) is 7.03. The molecule has 1 heterocycles. The first-order valence-corrected chi connectivity index (χ1v) is 8.84. The molecule has 0 radical (unpaired) electrons. The van der Waals surface area contributed by atoms with Crippen LogP contribution in [0, 0.1) is 5.82 Å². The van der Waals surface area contributed by atoms with Gasteiger partial charge >= 0.3 is 0 Å². The van der Waals surface area contributed by atoms with Crippen LogP contribution in [0.4, 0.5) is 10.1 Å². The third kappa shape index (κ3) is 2.78. The van der Waals surface area contributed by atoms with Crippen molar-refractivity contribution in [1.82, 2.24) is 0 Å². The fraction of sp³-hybridized carbons (Fsp3) is 0.136. The Balaban J connectivity index is 2.00. The van der Waals surface area contributed by atoms with E-state index in [0.29, 0.717) is 10.6 Å². The Morgan fingerprint density at radius 3 is 2.62 bits per heavy atom. The number of anilines is 1. The van der Waals surface area contributed by atoms with Gasteiger partial charge < -0.3 is 4.90 Å². The molecule has 0 bridgehead atoms. The van der Waals surface area contributed by atoms with Crippen molar-refractivity contribution < 1.29 is 9.18 Å². The summed E-state index contributed by atoms with van der Waals surface area (Å²) in [5.74, 6) is -0.702. The molecule has 2 nitrogen and oxygen atoms in total. The minimum Gasteiger partial charge on any atom is -0.307 e. The number of hydrogen-bond acceptors (Lipinski definition) is 1. The van der Waals surface area contributed by atoms with E-state index in [4.69, 9.17) is 11.6 Å². The van der Waals surface area contributed by atoms with Gasteiger partial charge in [0.15, 0.2) is 0 Å². The number of halogens is 2. The van der Waals surface area contributed by atoms with Crippen LogP contribution in [0.25, 0.3) is 10.8 Å². The van der Waals surface area contributed by atoms with E-state index in [1.165, 1.54) is 6.07 Å². The fourth-order valence-electron chi connectivity index (χ4n) is 3.77. The number of hydrogen-bond donors (Lipinski definition) is 0. The van der Waals surface area contributed by atoms with Gasteiger partial charge in [-0.25, -0.2) is 4.39 Å². The maximum atomic E-state index is 14.5. The highest BCUT2D eigenvalue weighted by molar-refractivity contribution is 6.30. The smallest absolute Gasteiger partial charge is 0.228 e. The first-order valence-electron chi connectivity index (χ1n) is 8.46. The number of nitrogens with zero attached hydrogens (tertiary/aromatic N) is 1. The van der Waals surface area contributed by atoms with E-state index in [1.807, 2.05) is 36.4 Å². The van der Waals surface area contributed by atoms with E-state index in [0.717, 1.165) is 22.0 Å². The molecule has 3 aromatic rings. The topological polar surface area (TPSA) is 20.3 Å². The van der Waals surface area contributed by atoms with Crippen LogP contribution in [0.1, 0.15) is 23.5 Å². The first-order chi connectivity index (χ1) is 12.6. The van der Waals surface area contributed by atoms with Crippen LogP contribution in [0.2, 0.25) is 0 Å². The lowest BCUT2D eigenvalue weighted by Crippen LogP contribution is -2.38. The van der Waals surface area contributed by atoms with Crippen LogP contribution in [0.15, 0.2) is 72.3 Å². The fourth-order valence-corrected chi connectivity index (χ4v) is 3.89. The molecule has 0 fully saturated rings. The summed E-state index contributed by atoms with van der Waals surface area (Å²) in [5.41, 5.74) is 2.28. The molecule has 1 aliphatic rings. The Labute approximate surface area is 156 Å². The van der Waals surface area contributed by atoms with E-state index in [9.17, 15) is 9.18 Å². The Bertz CT molecular complexity index is 1030. The minimum atomic E-state index is -0.329. The van der Waals surface area contributed by atoms with Crippen molar-refractivity contribution in [3.63, 3.8) is 0 Å². The molecule has 1 unspecified atom stereocenters. The number of fused-ring (bicyclic) bond motifs is 3. The molecule has 4 rings (SSSR count). The van der Waals surface area contributed by atoms with Gasteiger partial charge in [-0.1, -0.05) is 66.7 Å². The summed E-state index contributed by atoms with van der Waals surface area (Å²) in [6, 6.07) is 18.5. The minimum absolute atomic E-state index is 0.0807. The van der Waals surface area contributed by atoms with Crippen molar-refractivity contribution in [2.75, 3.05) is 11.4 Å². The maximum absolute atomic E-state index is 14.5. The molecule has 26 heavy (non-hydrogen) atoms. The summed E-state index contributed by atoms with van der Waals surface area (Å²) in [7, 11) is 0. The normalized spacial score (nSPS) is 16.6. The first kappa shape index (κ1) is 16.8. The number of benzene rings is 3. The third-order valence-electron chi connectivity index (χ3n) is 4.88. The van der Waals surface area contributed by atoms with E-state index in [2.05, 4.69) is 6.58 Å². The van der Waals surface area contributed by atoms with Crippen LogP contribution < -0.4 is 4.90 Å². The molecule has 130 valence electrons. The molecule has 0 N–H and O–H groups in total. The SMILES string of the molecule is C=C(Cl)CN1C(=O)CC(c2ccccc2F)c2c1ccc1ccccc21. The molecule has 3 aromatic carbocycles. The number of carbonyl (C=O) groups is 1. The molecule has 1 aliphatic heterocycles. The molecule has 0 aliphatic carbocycles. The summed E-state index contributed by atoms with van der Waals surface area (Å²) >= 11 is 5.99. The van der Waals surface area contributed by atoms with Crippen LogP contribution in [-0.4, -0.2) is 12.5 Å². The maximum Gasteiger partial charge on any atom is 0.228 e. The summed E-state index contributed by atoms with van der Waals surface area (Å²) in [6.45, 7) is 3.97. The lowest BCUT2D eigenvalue weighted by molar-refractivity contribution is -0.119. The molecular weight excluding hydrogens is 349 g/mol. The van der Waals surface area contributed by atoms with Crippen molar-refractivity contribution in [2.45, 2.75) is 12.3 Å². The van der Waals surface area contributed by atoms with Crippen LogP contribution in [-0.2, 0) is 4.79 Å². The van der Waals surface area contributed by atoms with E-state index >= 15 is 0 Å². The molecule has 0 spiro atoms. The second-order valence-electron chi connectivity index (χ2n) is 6.49. The summed E-state index contributed by atoms with van der Waals surface area (Å²) < 4.78 is 14.5. The predicted octanol–water partition coefficient (Wildman–Crippen LogP) is 5.60. The monoisotopic (exact) mass is 365 g/mol. The zero-order valence-electron chi connectivity index (χ0n) is 14.1. The highest BCUT2D eigenvalue weighted by atomic mass is 35.5. The Morgan fingerprint density at radius 1 is 1.12 bits per heavy atom. The molecule has 0 aromatic heterocycles. The summed E-state index contributed by atoms with van der Waals surface area (Å²) in [6.07, 6.45) is 0.201. The zero-order valence-corrected chi connectivity index (χ0v) is 14.8. The van der Waals surface area contributed by atoms with Gasteiger partial charge in [-0.05, 0) is 34.0 Å². The van der Waals surface area contributed by atoms with E-state index < -0.39 is 0 Å². The van der Waals surface area contributed by atoms with Crippen LogP contribution in [0.5, 0.6) is 0 Å². The predicted molar refractivity (Wildman–Crippen MR) is 104 cm³/mol. The van der Waals surface area contributed by atoms with Gasteiger partial charge in [0.2, 0.25) is 5.91 Å². The Kier molecular flexibility index (Phi) is 4.25. The van der Waals surface area contributed by atoms with E-state index in [-0.39, 0.29) is 30.6 Å². The lowest BCUT2D eigenvalue weighted by Gasteiger charge is -2.35. The molecule has 4 heteroatoms. The lowest BCUT2D eigenvalue weighted by atomic mass is 9.81. The standard InChI is InChI=1S/C22H17ClFNO/c1-14(23)13-25-20-11-10-15-6-2-3-7-16(15)22(20)18(12-21(25)26)17-8-4-5-9-19(17)24/h2-11,18H,1,12-13H2. The average molecular weight is 366 g/mol. The molecular formula is C22H17ClFNO. The quantitative estimate of drug-likeness (QED) is 0.591. The van der Waals surface area contributed by atoms with Crippen molar-refractivity contribution in [1.29, 1.82) is 0 Å². The largest absolute Gasteiger partial charge is 0.307 e. The van der Waals surface area contributed by atoms with Gasteiger partial charge in [-0.2, -0.15) is 0 Å². The zero-order chi connectivity index (χ0) is 18.3. The number of amides is 1. The van der Waals surface area contributed by atoms with E-state index in [1.54, 1.807) is 23.1 Å². The summed E-state index contributed by atoms with van der Waals surface area (Å²) in [5, 5.41) is 2.48. The Hall–Kier alpha value is -2.65. The van der Waals surface area contributed by atoms with Crippen molar-refractivity contribution in [2.24, 2.45) is 0 Å². The molecule has 1 atom stereocenters. The highest BCUT2D eigenvalue weighted by Crippen LogP contribution is 2.44. The molecule has 0 saturated carbocycles. The Morgan fingerprint density at radius 2 is 1.85 bits per heavy atom. The second kappa shape index (κ2) is 6.58. The van der Waals surface area contributed by atoms with Crippen molar-refractivity contribution in [3.8, 4) is 0 Å². The highest BCUT2D eigenvalue weighted by Gasteiger charge is 2.34. The molecule has 0 saturated heterocycles. The van der Waals surface area contributed by atoms with Gasteiger partial charge in [0, 0.05) is 23.1 Å². The average Bonchev–Trinajstić information content (AvgIpc) is 2.63. The van der Waals surface area contributed by atoms with Crippen molar-refractivity contribution in [3.05, 3.63) is 89.2 Å². The molecule has 1 amide bonds. The van der Waals surface area contributed by atoms with Crippen LogP contribution >= 0.6 is 11.6 Å². The number of rotatable bonds is 3. The van der Waals surface area contributed by atoms with Gasteiger partial charge in [-0.3, -0.25) is 4.79 Å². The van der Waals surface area contributed by atoms with Crippen LogP contribution in [0.3, 0.4) is 0 Å². The number of carbonyl (C=O) groups excluding carboxylic acids is 1. The van der Waals surface area contributed by atoms with Crippen molar-refractivity contribution >= 4 is 34.0 Å². The van der Waals surface area contributed by atoms with Gasteiger partial charge in [0.1, 0.15) is 5.82 Å².